The number of hydrogen-bond donors (Lipinski definition) is 1. The third-order valence-corrected chi connectivity index (χ3v) is 10.2. The van der Waals surface area contributed by atoms with E-state index in [9.17, 15) is 19.5 Å². The van der Waals surface area contributed by atoms with Gasteiger partial charge in [-0.25, -0.2) is 0 Å². The molecule has 0 aliphatic carbocycles. The summed E-state index contributed by atoms with van der Waals surface area (Å²) < 4.78 is 10.3. The van der Waals surface area contributed by atoms with Crippen molar-refractivity contribution in [1.82, 2.24) is 0 Å². The molecule has 0 bridgehead atoms. The summed E-state index contributed by atoms with van der Waals surface area (Å²) in [6, 6.07) is 0. The average molecular weight is 733 g/mol. The fraction of sp³-hybridized carbons (Fsp3) is 0.848. The highest BCUT2D eigenvalue weighted by Gasteiger charge is 2.12. The number of ether oxygens (including phenoxy) is 2. The van der Waals surface area contributed by atoms with Gasteiger partial charge >= 0.3 is 11.9 Å². The number of esters is 2. The first-order chi connectivity index (χ1) is 25.4. The fourth-order valence-electron chi connectivity index (χ4n) is 6.40. The molecule has 1 unspecified atom stereocenters. The highest BCUT2D eigenvalue weighted by atomic mass is 16.6. The first kappa shape index (κ1) is 50.1. The Kier molecular flexibility index (Phi) is 38.7. The van der Waals surface area contributed by atoms with Gasteiger partial charge in [0.15, 0.2) is 5.78 Å². The number of ketones is 1. The first-order valence-corrected chi connectivity index (χ1v) is 22.2. The third kappa shape index (κ3) is 39.3. The van der Waals surface area contributed by atoms with Crippen LogP contribution in [0, 0.1) is 5.92 Å². The topological polar surface area (TPSA) is 89.9 Å². The van der Waals surface area contributed by atoms with Gasteiger partial charge in [-0.1, -0.05) is 193 Å². The van der Waals surface area contributed by atoms with Crippen LogP contribution < -0.4 is 0 Å². The van der Waals surface area contributed by atoms with Crippen molar-refractivity contribution in [3.63, 3.8) is 0 Å². The van der Waals surface area contributed by atoms with Gasteiger partial charge in [-0.05, 0) is 44.1 Å². The molecular weight excluding hydrogens is 648 g/mol. The van der Waals surface area contributed by atoms with Crippen LogP contribution >= 0.6 is 0 Å². The Morgan fingerprint density at radius 1 is 0.519 bits per heavy atom. The molecule has 0 heterocycles. The molecule has 0 aliphatic heterocycles. The van der Waals surface area contributed by atoms with Gasteiger partial charge in [-0.15, -0.1) is 0 Å². The predicted octanol–water partition coefficient (Wildman–Crippen LogP) is 13.3. The molecule has 0 aliphatic rings. The maximum Gasteiger partial charge on any atom is 0.305 e. The maximum atomic E-state index is 12.0. The van der Waals surface area contributed by atoms with Gasteiger partial charge in [-0.3, -0.25) is 14.4 Å². The van der Waals surface area contributed by atoms with Crippen molar-refractivity contribution >= 4 is 17.7 Å². The Labute approximate surface area is 321 Å². The lowest BCUT2D eigenvalue weighted by molar-refractivity contribution is -0.152. The zero-order chi connectivity index (χ0) is 38.2. The molecule has 0 aromatic heterocycles. The van der Waals surface area contributed by atoms with Crippen LogP contribution in [0.15, 0.2) is 24.3 Å². The van der Waals surface area contributed by atoms with E-state index in [1.54, 1.807) is 6.08 Å². The molecule has 0 spiro atoms. The van der Waals surface area contributed by atoms with E-state index >= 15 is 0 Å². The molecule has 0 saturated heterocycles. The lowest BCUT2D eigenvalue weighted by Crippen LogP contribution is -2.25. The average Bonchev–Trinajstić information content (AvgIpc) is 3.14. The van der Waals surface area contributed by atoms with Crippen molar-refractivity contribution in [3.05, 3.63) is 24.3 Å². The van der Waals surface area contributed by atoms with Crippen LogP contribution in [0.25, 0.3) is 0 Å². The van der Waals surface area contributed by atoms with Gasteiger partial charge in [0.2, 0.25) is 0 Å². The molecule has 0 amide bonds. The number of rotatable bonds is 40. The van der Waals surface area contributed by atoms with Crippen molar-refractivity contribution in [3.8, 4) is 0 Å². The number of unbranched alkanes of at least 4 members (excludes halogenated alkanes) is 24. The summed E-state index contributed by atoms with van der Waals surface area (Å²) in [4.78, 5) is 35.9. The summed E-state index contributed by atoms with van der Waals surface area (Å²) in [6.07, 6.45) is 43.4. The number of carbonyl (C=O) groups excluding carboxylic acids is 3. The Balaban J connectivity index is 3.45. The van der Waals surface area contributed by atoms with Crippen LogP contribution in [0.4, 0.5) is 0 Å². The van der Waals surface area contributed by atoms with Crippen LogP contribution in [-0.4, -0.2) is 42.1 Å². The Hall–Kier alpha value is -1.95. The Bertz CT molecular complexity index is 865. The molecule has 6 nitrogen and oxygen atoms in total. The molecule has 0 aromatic rings. The molecule has 2 atom stereocenters. The molecule has 0 radical (unpaired) electrons. The number of aliphatic hydroxyl groups excluding tert-OH is 1. The van der Waals surface area contributed by atoms with Gasteiger partial charge in [0.05, 0.1) is 0 Å². The highest BCUT2D eigenvalue weighted by Crippen LogP contribution is 2.17. The summed E-state index contributed by atoms with van der Waals surface area (Å²) in [7, 11) is 0. The molecular formula is C46H84O6. The summed E-state index contributed by atoms with van der Waals surface area (Å²) in [5.41, 5.74) is 0. The van der Waals surface area contributed by atoms with E-state index in [4.69, 9.17) is 9.47 Å². The van der Waals surface area contributed by atoms with Crippen molar-refractivity contribution in [1.29, 1.82) is 0 Å². The SMILES string of the molecule is CCCCC/C=C\C=C\C(=O)CCCCCCCC(=O)OC[C@@H](O)COC(=O)CCCCCCCCCCCCCCCCCCCCC(C)CC. The van der Waals surface area contributed by atoms with Crippen molar-refractivity contribution < 1.29 is 29.0 Å². The van der Waals surface area contributed by atoms with E-state index in [1.807, 2.05) is 12.2 Å². The minimum Gasteiger partial charge on any atom is -0.463 e. The van der Waals surface area contributed by atoms with Gasteiger partial charge < -0.3 is 14.6 Å². The highest BCUT2D eigenvalue weighted by molar-refractivity contribution is 5.89. The third-order valence-electron chi connectivity index (χ3n) is 10.2. The fourth-order valence-corrected chi connectivity index (χ4v) is 6.40. The van der Waals surface area contributed by atoms with Gasteiger partial charge in [-0.2, -0.15) is 0 Å². The second-order valence-electron chi connectivity index (χ2n) is 15.5. The molecule has 0 rings (SSSR count). The molecule has 6 heteroatoms. The van der Waals surface area contributed by atoms with E-state index in [1.165, 1.54) is 128 Å². The van der Waals surface area contributed by atoms with Crippen LogP contribution in [0.2, 0.25) is 0 Å². The zero-order valence-corrected chi connectivity index (χ0v) is 34.5. The second-order valence-corrected chi connectivity index (χ2v) is 15.5. The maximum absolute atomic E-state index is 12.0. The molecule has 304 valence electrons. The van der Waals surface area contributed by atoms with E-state index in [-0.39, 0.29) is 30.9 Å². The van der Waals surface area contributed by atoms with E-state index in [0.717, 1.165) is 63.7 Å². The first-order valence-electron chi connectivity index (χ1n) is 22.2. The van der Waals surface area contributed by atoms with Gasteiger partial charge in [0.1, 0.15) is 19.3 Å². The summed E-state index contributed by atoms with van der Waals surface area (Å²) >= 11 is 0. The van der Waals surface area contributed by atoms with E-state index in [0.29, 0.717) is 19.3 Å². The Morgan fingerprint density at radius 3 is 1.35 bits per heavy atom. The molecule has 0 saturated carbocycles. The summed E-state index contributed by atoms with van der Waals surface area (Å²) in [5, 5.41) is 10.0. The monoisotopic (exact) mass is 733 g/mol. The van der Waals surface area contributed by atoms with Crippen LogP contribution in [0.3, 0.4) is 0 Å². The number of hydrogen-bond acceptors (Lipinski definition) is 6. The molecule has 0 fully saturated rings. The summed E-state index contributed by atoms with van der Waals surface area (Å²) in [6.45, 7) is 6.57. The van der Waals surface area contributed by atoms with Gasteiger partial charge in [0.25, 0.3) is 0 Å². The van der Waals surface area contributed by atoms with Crippen LogP contribution in [-0.2, 0) is 23.9 Å². The van der Waals surface area contributed by atoms with Crippen molar-refractivity contribution in [2.24, 2.45) is 5.92 Å². The summed E-state index contributed by atoms with van der Waals surface area (Å²) in [5.74, 6) is 0.424. The van der Waals surface area contributed by atoms with Crippen molar-refractivity contribution in [2.75, 3.05) is 13.2 Å². The predicted molar refractivity (Wildman–Crippen MR) is 219 cm³/mol. The largest absolute Gasteiger partial charge is 0.463 e. The van der Waals surface area contributed by atoms with Crippen LogP contribution in [0.1, 0.15) is 226 Å². The van der Waals surface area contributed by atoms with Crippen LogP contribution in [0.5, 0.6) is 0 Å². The number of allylic oxidation sites excluding steroid dienone is 4. The minimum atomic E-state index is -1.00. The molecule has 0 aromatic carbocycles. The lowest BCUT2D eigenvalue weighted by atomic mass is 9.99. The number of aliphatic hydroxyl groups is 1. The zero-order valence-electron chi connectivity index (χ0n) is 34.5. The Morgan fingerprint density at radius 2 is 0.923 bits per heavy atom. The molecule has 1 N–H and O–H groups in total. The molecule has 52 heavy (non-hydrogen) atoms. The lowest BCUT2D eigenvalue weighted by Gasteiger charge is -2.12. The van der Waals surface area contributed by atoms with Gasteiger partial charge in [0, 0.05) is 19.3 Å². The van der Waals surface area contributed by atoms with E-state index in [2.05, 4.69) is 26.8 Å². The quantitative estimate of drug-likeness (QED) is 0.0292. The normalized spacial score (nSPS) is 12.8. The minimum absolute atomic E-state index is 0.145. The van der Waals surface area contributed by atoms with Crippen molar-refractivity contribution in [2.45, 2.75) is 232 Å². The number of carbonyl (C=O) groups is 3. The standard InChI is InChI=1S/C46H84O6/c1-4-6-7-8-21-26-31-36-43(47)37-32-27-24-29-34-39-46(50)52-41-44(48)40-51-45(49)38-33-28-23-20-18-16-14-12-10-9-11-13-15-17-19-22-25-30-35-42(3)5-2/h21,26,31,36,42,44,48H,4-20,22-25,27-30,32-35,37-41H2,1-3H3/b26-21-,36-31+/t42?,44-/m0/s1. The van der Waals surface area contributed by atoms with E-state index < -0.39 is 6.10 Å². The second kappa shape index (κ2) is 40.2. The smallest absolute Gasteiger partial charge is 0.305 e.